The number of primary amides is 1. The van der Waals surface area contributed by atoms with Gasteiger partial charge in [0, 0.05) is 12.6 Å². The molecule has 7 heteroatoms. The van der Waals surface area contributed by atoms with E-state index in [-0.39, 0.29) is 11.9 Å². The Morgan fingerprint density at radius 1 is 1.63 bits per heavy atom. The van der Waals surface area contributed by atoms with Crippen LogP contribution in [0, 0.1) is 0 Å². The lowest BCUT2D eigenvalue weighted by Crippen LogP contribution is -2.47. The van der Waals surface area contributed by atoms with Gasteiger partial charge in [0.2, 0.25) is 5.91 Å². The van der Waals surface area contributed by atoms with E-state index in [1.165, 1.54) is 11.3 Å². The fourth-order valence-electron chi connectivity index (χ4n) is 1.95. The number of nitrogens with two attached hydrogens (primary N) is 1. The number of ether oxygens (including phenoxy) is 1. The highest BCUT2D eigenvalue weighted by Crippen LogP contribution is 2.22. The van der Waals surface area contributed by atoms with Crippen molar-refractivity contribution in [2.45, 2.75) is 13.0 Å². The van der Waals surface area contributed by atoms with Crippen molar-refractivity contribution in [3.63, 3.8) is 0 Å². The van der Waals surface area contributed by atoms with E-state index >= 15 is 0 Å². The minimum absolute atomic E-state index is 0.140. The molecule has 1 saturated heterocycles. The van der Waals surface area contributed by atoms with Gasteiger partial charge >= 0.3 is 0 Å². The van der Waals surface area contributed by atoms with Gasteiger partial charge in [-0.05, 0) is 18.4 Å². The molecular formula is C12H17N3O3S. The lowest BCUT2D eigenvalue weighted by molar-refractivity contribution is -0.119. The van der Waals surface area contributed by atoms with Crippen molar-refractivity contribution >= 4 is 28.2 Å². The Morgan fingerprint density at radius 2 is 2.42 bits per heavy atom. The van der Waals surface area contributed by atoms with Crippen molar-refractivity contribution in [2.75, 3.05) is 31.6 Å². The number of nitrogens with one attached hydrogen (secondary N) is 1. The first-order chi connectivity index (χ1) is 9.08. The van der Waals surface area contributed by atoms with E-state index in [4.69, 9.17) is 10.5 Å². The summed E-state index contributed by atoms with van der Waals surface area (Å²) in [5.74, 6) is -0.671. The number of amides is 2. The van der Waals surface area contributed by atoms with Gasteiger partial charge in [-0.3, -0.25) is 14.5 Å². The molecule has 0 unspecified atom stereocenters. The summed E-state index contributed by atoms with van der Waals surface area (Å²) >= 11 is 1.29. The van der Waals surface area contributed by atoms with Crippen molar-refractivity contribution in [3.8, 4) is 0 Å². The van der Waals surface area contributed by atoms with Gasteiger partial charge in [-0.1, -0.05) is 0 Å². The Balaban J connectivity index is 1.93. The van der Waals surface area contributed by atoms with Gasteiger partial charge in [0.05, 0.1) is 25.3 Å². The normalized spacial score (nSPS) is 20.2. The molecule has 0 radical (unpaired) electrons. The van der Waals surface area contributed by atoms with Crippen LogP contribution >= 0.6 is 11.3 Å². The number of carbonyl (C=O) groups excluding carboxylic acids is 2. The summed E-state index contributed by atoms with van der Waals surface area (Å²) in [7, 11) is 0. The Hall–Kier alpha value is -1.44. The second-order valence-corrected chi connectivity index (χ2v) is 5.39. The van der Waals surface area contributed by atoms with Crippen LogP contribution in [0.2, 0.25) is 0 Å². The van der Waals surface area contributed by atoms with Crippen LogP contribution in [0.1, 0.15) is 17.3 Å². The lowest BCUT2D eigenvalue weighted by Gasteiger charge is -2.32. The standard InChI is InChI=1S/C12H17N3O3S/c1-8-7-18-4-3-15(8)6-10(16)14-12-9(11(13)17)2-5-19-12/h2,5,8H,3-4,6-7H2,1H3,(H2,13,17)(H,14,16)/t8-/m1/s1. The zero-order valence-electron chi connectivity index (χ0n) is 10.7. The first-order valence-electron chi connectivity index (χ1n) is 6.07. The number of nitrogens with zero attached hydrogens (tertiary/aromatic N) is 1. The topological polar surface area (TPSA) is 84.7 Å². The van der Waals surface area contributed by atoms with Crippen LogP contribution in [0.4, 0.5) is 5.00 Å². The molecule has 19 heavy (non-hydrogen) atoms. The van der Waals surface area contributed by atoms with Gasteiger partial charge in [0.1, 0.15) is 5.00 Å². The largest absolute Gasteiger partial charge is 0.379 e. The number of hydrogen-bond acceptors (Lipinski definition) is 5. The van der Waals surface area contributed by atoms with Crippen LogP contribution in [-0.2, 0) is 9.53 Å². The molecule has 1 aliphatic heterocycles. The lowest BCUT2D eigenvalue weighted by atomic mass is 10.2. The second-order valence-electron chi connectivity index (χ2n) is 4.47. The van der Waals surface area contributed by atoms with Gasteiger partial charge < -0.3 is 15.8 Å². The van der Waals surface area contributed by atoms with Gasteiger partial charge in [-0.25, -0.2) is 0 Å². The van der Waals surface area contributed by atoms with Crippen LogP contribution in [0.3, 0.4) is 0 Å². The molecule has 0 saturated carbocycles. The molecule has 2 amide bonds. The molecule has 0 bridgehead atoms. The van der Waals surface area contributed by atoms with E-state index in [9.17, 15) is 9.59 Å². The van der Waals surface area contributed by atoms with Crippen molar-refractivity contribution in [2.24, 2.45) is 5.73 Å². The summed E-state index contributed by atoms with van der Waals surface area (Å²) in [6, 6.07) is 1.83. The molecular weight excluding hydrogens is 266 g/mol. The zero-order valence-corrected chi connectivity index (χ0v) is 11.5. The van der Waals surface area contributed by atoms with Gasteiger partial charge in [-0.15, -0.1) is 11.3 Å². The Morgan fingerprint density at radius 3 is 3.11 bits per heavy atom. The monoisotopic (exact) mass is 283 g/mol. The number of morpholine rings is 1. The maximum Gasteiger partial charge on any atom is 0.251 e. The Kier molecular flexibility index (Phi) is 4.52. The second kappa shape index (κ2) is 6.14. The predicted octanol–water partition coefficient (Wildman–Crippen LogP) is 0.506. The number of thiophene rings is 1. The molecule has 1 aromatic heterocycles. The van der Waals surface area contributed by atoms with Gasteiger partial charge in [0.15, 0.2) is 0 Å². The van der Waals surface area contributed by atoms with Crippen LogP contribution in [-0.4, -0.2) is 49.1 Å². The minimum Gasteiger partial charge on any atom is -0.379 e. The third-order valence-corrected chi connectivity index (χ3v) is 3.87. The van der Waals surface area contributed by atoms with E-state index in [1.54, 1.807) is 11.4 Å². The van der Waals surface area contributed by atoms with Crippen LogP contribution in [0.15, 0.2) is 11.4 Å². The maximum absolute atomic E-state index is 12.0. The molecule has 0 spiro atoms. The van der Waals surface area contributed by atoms with Crippen molar-refractivity contribution in [3.05, 3.63) is 17.0 Å². The highest BCUT2D eigenvalue weighted by atomic mass is 32.1. The highest BCUT2D eigenvalue weighted by molar-refractivity contribution is 7.14. The molecule has 1 aromatic rings. The number of rotatable bonds is 4. The van der Waals surface area contributed by atoms with Crippen LogP contribution < -0.4 is 11.1 Å². The molecule has 6 nitrogen and oxygen atoms in total. The van der Waals surface area contributed by atoms with E-state index in [0.29, 0.717) is 30.3 Å². The average molecular weight is 283 g/mol. The molecule has 1 atom stereocenters. The van der Waals surface area contributed by atoms with E-state index < -0.39 is 5.91 Å². The quantitative estimate of drug-likeness (QED) is 0.843. The molecule has 2 rings (SSSR count). The fourth-order valence-corrected chi connectivity index (χ4v) is 2.76. The minimum atomic E-state index is -0.531. The summed E-state index contributed by atoms with van der Waals surface area (Å²) in [6.45, 7) is 4.33. The van der Waals surface area contributed by atoms with Gasteiger partial charge in [0.25, 0.3) is 5.91 Å². The molecule has 1 aliphatic rings. The molecule has 1 fully saturated rings. The summed E-state index contributed by atoms with van der Waals surface area (Å²) in [6.07, 6.45) is 0. The van der Waals surface area contributed by atoms with Crippen molar-refractivity contribution in [1.29, 1.82) is 0 Å². The third kappa shape index (κ3) is 3.52. The molecule has 3 N–H and O–H groups in total. The van der Waals surface area contributed by atoms with Crippen LogP contribution in [0.5, 0.6) is 0 Å². The smallest absolute Gasteiger partial charge is 0.251 e. The van der Waals surface area contributed by atoms with Crippen molar-refractivity contribution in [1.82, 2.24) is 4.90 Å². The first kappa shape index (κ1) is 14.0. The average Bonchev–Trinajstić information content (AvgIpc) is 2.80. The first-order valence-corrected chi connectivity index (χ1v) is 6.95. The molecule has 0 aliphatic carbocycles. The summed E-state index contributed by atoms with van der Waals surface area (Å²) in [4.78, 5) is 25.2. The predicted molar refractivity (Wildman–Crippen MR) is 73.3 cm³/mol. The third-order valence-electron chi connectivity index (χ3n) is 3.04. The van der Waals surface area contributed by atoms with Crippen molar-refractivity contribution < 1.29 is 14.3 Å². The van der Waals surface area contributed by atoms with Gasteiger partial charge in [-0.2, -0.15) is 0 Å². The maximum atomic E-state index is 12.0. The molecule has 104 valence electrons. The Labute approximate surface area is 115 Å². The van der Waals surface area contributed by atoms with E-state index in [1.807, 2.05) is 6.92 Å². The van der Waals surface area contributed by atoms with E-state index in [2.05, 4.69) is 10.2 Å². The number of anilines is 1. The summed E-state index contributed by atoms with van der Waals surface area (Å²) < 4.78 is 5.32. The number of carbonyl (C=O) groups is 2. The van der Waals surface area contributed by atoms with E-state index in [0.717, 1.165) is 6.54 Å². The zero-order chi connectivity index (χ0) is 13.8. The molecule has 0 aromatic carbocycles. The summed E-state index contributed by atoms with van der Waals surface area (Å²) in [5, 5.41) is 4.98. The fraction of sp³-hybridized carbons (Fsp3) is 0.500. The summed E-state index contributed by atoms with van der Waals surface area (Å²) in [5.41, 5.74) is 5.59. The van der Waals surface area contributed by atoms with Crippen LogP contribution in [0.25, 0.3) is 0 Å². The Bertz CT molecular complexity index is 475. The SMILES string of the molecule is C[C@@H]1COCCN1CC(=O)Nc1sccc1C(N)=O. The molecule has 2 heterocycles. The number of hydrogen-bond donors (Lipinski definition) is 2. The highest BCUT2D eigenvalue weighted by Gasteiger charge is 2.22.